The van der Waals surface area contributed by atoms with Gasteiger partial charge in [0.05, 0.1) is 6.20 Å². The van der Waals surface area contributed by atoms with Crippen molar-refractivity contribution in [3.05, 3.63) is 11.8 Å². The molecule has 8 heteroatoms. The summed E-state index contributed by atoms with van der Waals surface area (Å²) >= 11 is 0. The highest BCUT2D eigenvalue weighted by Gasteiger charge is 2.35. The topological polar surface area (TPSA) is 81.3 Å². The van der Waals surface area contributed by atoms with E-state index in [1.807, 2.05) is 21.0 Å². The number of sulfonamides is 1. The van der Waals surface area contributed by atoms with Gasteiger partial charge >= 0.3 is 0 Å². The molecule has 1 aliphatic heterocycles. The minimum atomic E-state index is -3.47. The van der Waals surface area contributed by atoms with Gasteiger partial charge in [0.15, 0.2) is 5.03 Å². The van der Waals surface area contributed by atoms with Gasteiger partial charge in [0.1, 0.15) is 0 Å². The lowest BCUT2D eigenvalue weighted by atomic mass is 10.2. The van der Waals surface area contributed by atoms with E-state index in [2.05, 4.69) is 20.4 Å². The van der Waals surface area contributed by atoms with Gasteiger partial charge in [0, 0.05) is 31.2 Å². The van der Waals surface area contributed by atoms with Crippen LogP contribution in [-0.2, 0) is 16.6 Å². The summed E-state index contributed by atoms with van der Waals surface area (Å²) in [5.74, 6) is 0. The molecule has 0 radical (unpaired) electrons. The summed E-state index contributed by atoms with van der Waals surface area (Å²) in [6, 6.07) is 0.282. The molecule has 20 heavy (non-hydrogen) atoms. The van der Waals surface area contributed by atoms with Gasteiger partial charge in [0.25, 0.3) is 10.0 Å². The van der Waals surface area contributed by atoms with E-state index in [0.717, 1.165) is 13.0 Å². The van der Waals surface area contributed by atoms with Crippen LogP contribution in [0.25, 0.3) is 0 Å². The van der Waals surface area contributed by atoms with Crippen molar-refractivity contribution in [3.8, 4) is 0 Å². The molecule has 1 unspecified atom stereocenters. The number of rotatable bonds is 6. The number of aromatic nitrogens is 2. The number of hydrogen-bond acceptors (Lipinski definition) is 5. The largest absolute Gasteiger partial charge is 0.313 e. The normalized spacial score (nSPS) is 20.9. The van der Waals surface area contributed by atoms with Crippen molar-refractivity contribution in [2.45, 2.75) is 31.0 Å². The summed E-state index contributed by atoms with van der Waals surface area (Å²) in [4.78, 5) is 2.07. The molecule has 0 saturated carbocycles. The Morgan fingerprint density at radius 3 is 2.90 bits per heavy atom. The number of H-pyrrole nitrogens is 1. The zero-order valence-electron chi connectivity index (χ0n) is 12.3. The average Bonchev–Trinajstić information content (AvgIpc) is 3.05. The van der Waals surface area contributed by atoms with E-state index in [9.17, 15) is 8.42 Å². The molecule has 114 valence electrons. The van der Waals surface area contributed by atoms with Crippen LogP contribution in [0.5, 0.6) is 0 Å². The molecule has 1 aliphatic rings. The predicted octanol–water partition coefficient (Wildman–Crippen LogP) is -0.156. The second-order valence-electron chi connectivity index (χ2n) is 5.27. The molecule has 1 atom stereocenters. The van der Waals surface area contributed by atoms with Gasteiger partial charge in [-0.2, -0.15) is 9.40 Å². The molecule has 2 N–H and O–H groups in total. The smallest absolute Gasteiger partial charge is 0.260 e. The molecule has 0 bridgehead atoms. The molecule has 0 aliphatic carbocycles. The highest BCUT2D eigenvalue weighted by molar-refractivity contribution is 7.89. The first-order valence-corrected chi connectivity index (χ1v) is 8.30. The summed E-state index contributed by atoms with van der Waals surface area (Å²) < 4.78 is 26.9. The summed E-state index contributed by atoms with van der Waals surface area (Å²) in [6.07, 6.45) is 2.44. The van der Waals surface area contributed by atoms with E-state index in [1.54, 1.807) is 10.5 Å². The Labute approximate surface area is 120 Å². The average molecular weight is 301 g/mol. The SMILES string of the molecule is CCNCc1cn[nH]c1S(=O)(=O)N1CCC(N(C)C)C1. The second kappa shape index (κ2) is 6.21. The molecular weight excluding hydrogens is 278 g/mol. The molecule has 0 amide bonds. The van der Waals surface area contributed by atoms with E-state index in [4.69, 9.17) is 0 Å². The van der Waals surface area contributed by atoms with Gasteiger partial charge in [-0.25, -0.2) is 8.42 Å². The highest BCUT2D eigenvalue weighted by atomic mass is 32.2. The Bertz CT molecular complexity index is 540. The van der Waals surface area contributed by atoms with Gasteiger partial charge in [-0.1, -0.05) is 6.92 Å². The van der Waals surface area contributed by atoms with Crippen molar-refractivity contribution in [3.63, 3.8) is 0 Å². The maximum absolute atomic E-state index is 12.7. The molecule has 1 aromatic heterocycles. The van der Waals surface area contributed by atoms with Crippen molar-refractivity contribution >= 4 is 10.0 Å². The molecule has 7 nitrogen and oxygen atoms in total. The van der Waals surface area contributed by atoms with Crippen LogP contribution < -0.4 is 5.32 Å². The maximum atomic E-state index is 12.7. The van der Waals surface area contributed by atoms with Gasteiger partial charge in [0.2, 0.25) is 0 Å². The summed E-state index contributed by atoms with van der Waals surface area (Å²) in [5.41, 5.74) is 0.695. The minimum Gasteiger partial charge on any atom is -0.313 e. The quantitative estimate of drug-likeness (QED) is 0.763. The van der Waals surface area contributed by atoms with Crippen LogP contribution in [0.2, 0.25) is 0 Å². The lowest BCUT2D eigenvalue weighted by molar-refractivity contribution is 0.302. The fourth-order valence-corrected chi connectivity index (χ4v) is 3.98. The summed E-state index contributed by atoms with van der Waals surface area (Å²) in [5, 5.41) is 9.88. The van der Waals surface area contributed by atoms with Gasteiger partial charge < -0.3 is 10.2 Å². The molecular formula is C12H23N5O2S. The van der Waals surface area contributed by atoms with Crippen LogP contribution in [-0.4, -0.2) is 67.6 Å². The van der Waals surface area contributed by atoms with Crippen molar-refractivity contribution in [1.82, 2.24) is 24.7 Å². The Morgan fingerprint density at radius 1 is 1.55 bits per heavy atom. The Morgan fingerprint density at radius 2 is 2.30 bits per heavy atom. The zero-order chi connectivity index (χ0) is 14.8. The zero-order valence-corrected chi connectivity index (χ0v) is 13.1. The molecule has 0 spiro atoms. The predicted molar refractivity (Wildman–Crippen MR) is 76.8 cm³/mol. The Balaban J connectivity index is 2.17. The first kappa shape index (κ1) is 15.4. The number of nitrogens with one attached hydrogen (secondary N) is 2. The Hall–Kier alpha value is -0.960. The number of aromatic amines is 1. The van der Waals surface area contributed by atoms with E-state index >= 15 is 0 Å². The first-order chi connectivity index (χ1) is 9.46. The van der Waals surface area contributed by atoms with Crippen molar-refractivity contribution < 1.29 is 8.42 Å². The highest BCUT2D eigenvalue weighted by Crippen LogP contribution is 2.23. The Kier molecular flexibility index (Phi) is 4.79. The molecule has 1 aromatic rings. The lowest BCUT2D eigenvalue weighted by Gasteiger charge is -2.20. The van der Waals surface area contributed by atoms with Gasteiger partial charge in [-0.05, 0) is 27.1 Å². The molecule has 0 aromatic carbocycles. The van der Waals surface area contributed by atoms with E-state index in [0.29, 0.717) is 25.2 Å². The monoisotopic (exact) mass is 301 g/mol. The summed E-state index contributed by atoms with van der Waals surface area (Å²) in [6.45, 7) is 4.37. The number of likely N-dealkylation sites (N-methyl/N-ethyl adjacent to an activating group) is 1. The van der Waals surface area contributed by atoms with Crippen LogP contribution in [0.15, 0.2) is 11.2 Å². The number of nitrogens with zero attached hydrogens (tertiary/aromatic N) is 3. The third-order valence-corrected chi connectivity index (χ3v) is 5.58. The van der Waals surface area contributed by atoms with Crippen LogP contribution in [0.4, 0.5) is 0 Å². The van der Waals surface area contributed by atoms with Crippen LogP contribution in [0, 0.1) is 0 Å². The van der Waals surface area contributed by atoms with Crippen molar-refractivity contribution in [2.75, 3.05) is 33.7 Å². The van der Waals surface area contributed by atoms with Crippen LogP contribution >= 0.6 is 0 Å². The molecule has 2 rings (SSSR count). The number of hydrogen-bond donors (Lipinski definition) is 2. The molecule has 1 fully saturated rings. The van der Waals surface area contributed by atoms with Crippen molar-refractivity contribution in [1.29, 1.82) is 0 Å². The second-order valence-corrected chi connectivity index (χ2v) is 7.15. The third kappa shape index (κ3) is 3.03. The maximum Gasteiger partial charge on any atom is 0.260 e. The van der Waals surface area contributed by atoms with E-state index in [-0.39, 0.29) is 11.1 Å². The van der Waals surface area contributed by atoms with E-state index in [1.165, 1.54) is 0 Å². The first-order valence-electron chi connectivity index (χ1n) is 6.86. The fraction of sp³-hybridized carbons (Fsp3) is 0.750. The standard InChI is InChI=1S/C12H23N5O2S/c1-4-13-7-10-8-14-15-12(10)20(18,19)17-6-5-11(9-17)16(2)3/h8,11,13H,4-7,9H2,1-3H3,(H,14,15). The molecule has 1 saturated heterocycles. The third-order valence-electron chi connectivity index (χ3n) is 3.70. The van der Waals surface area contributed by atoms with Crippen LogP contribution in [0.3, 0.4) is 0 Å². The fourth-order valence-electron chi connectivity index (χ4n) is 2.39. The van der Waals surface area contributed by atoms with E-state index < -0.39 is 10.0 Å². The molecule has 2 heterocycles. The summed E-state index contributed by atoms with van der Waals surface area (Å²) in [7, 11) is 0.485. The van der Waals surface area contributed by atoms with Crippen molar-refractivity contribution in [2.24, 2.45) is 0 Å². The van der Waals surface area contributed by atoms with Gasteiger partial charge in [-0.3, -0.25) is 5.10 Å². The van der Waals surface area contributed by atoms with Gasteiger partial charge in [-0.15, -0.1) is 0 Å². The lowest BCUT2D eigenvalue weighted by Crippen LogP contribution is -2.35. The minimum absolute atomic E-state index is 0.220. The van der Waals surface area contributed by atoms with Crippen LogP contribution in [0.1, 0.15) is 18.9 Å².